The lowest BCUT2D eigenvalue weighted by Crippen LogP contribution is -2.47. The maximum Gasteiger partial charge on any atom is 0.295 e. The van der Waals surface area contributed by atoms with Crippen molar-refractivity contribution in [3.63, 3.8) is 0 Å². The van der Waals surface area contributed by atoms with Crippen LogP contribution in [0.15, 0.2) is 82.3 Å². The van der Waals surface area contributed by atoms with Crippen molar-refractivity contribution in [2.24, 2.45) is 0 Å². The normalized spacial score (nSPS) is 13.9. The molecule has 0 saturated carbocycles. The highest BCUT2D eigenvalue weighted by Crippen LogP contribution is 2.25. The van der Waals surface area contributed by atoms with Gasteiger partial charge in [-0.15, -0.1) is 0 Å². The Bertz CT molecular complexity index is 1390. The number of rotatable bonds is 8. The van der Waals surface area contributed by atoms with E-state index in [0.717, 1.165) is 44.1 Å². The molecule has 0 radical (unpaired) electrons. The summed E-state index contributed by atoms with van der Waals surface area (Å²) in [6, 6.07) is 19.0. The number of aromatic nitrogens is 4. The number of hydrogen-bond acceptors (Lipinski definition) is 9. The van der Waals surface area contributed by atoms with Gasteiger partial charge in [0, 0.05) is 50.3 Å². The van der Waals surface area contributed by atoms with Gasteiger partial charge in [0.2, 0.25) is 5.95 Å². The molecule has 1 saturated heterocycles. The van der Waals surface area contributed by atoms with Crippen LogP contribution in [-0.4, -0.2) is 69.1 Å². The topological polar surface area (TPSA) is 111 Å². The Morgan fingerprint density at radius 3 is 2.41 bits per heavy atom. The summed E-state index contributed by atoms with van der Waals surface area (Å²) < 4.78 is 1.96. The number of piperazine rings is 1. The molecule has 1 aliphatic heterocycles. The number of β-amino-alcohol motifs (C(OH)–C–C–N with tert-alkyl or cyclic N) is 1. The smallest absolute Gasteiger partial charge is 0.295 e. The van der Waals surface area contributed by atoms with E-state index in [-0.39, 0.29) is 12.2 Å². The molecule has 0 aliphatic carbocycles. The molecule has 3 N–H and O–H groups in total. The van der Waals surface area contributed by atoms with Gasteiger partial charge in [-0.05, 0) is 58.4 Å². The maximum atomic E-state index is 13.0. The highest BCUT2D eigenvalue weighted by molar-refractivity contribution is 9.10. The number of aliphatic hydroxyl groups excluding tert-OH is 1. The fourth-order valence-electron chi connectivity index (χ4n) is 4.16. The quantitative estimate of drug-likeness (QED) is 0.297. The van der Waals surface area contributed by atoms with Crippen LogP contribution < -0.4 is 21.1 Å². The van der Waals surface area contributed by atoms with Gasteiger partial charge in [0.25, 0.3) is 5.56 Å². The first-order valence-electron chi connectivity index (χ1n) is 12.0. The SMILES string of the molecule is O=c1c(Nc2nc(Nc3ccc(N4CCN(CCO)CC4)cc3)ncc2Br)ccnn1-c1ccccc1. The lowest BCUT2D eigenvalue weighted by molar-refractivity contribution is 0.189. The Hall–Kier alpha value is -3.80. The molecule has 0 spiro atoms. The van der Waals surface area contributed by atoms with Crippen LogP contribution in [0, 0.1) is 0 Å². The van der Waals surface area contributed by atoms with Crippen LogP contribution in [0.5, 0.6) is 0 Å². The second-order valence-corrected chi connectivity index (χ2v) is 9.39. The zero-order valence-corrected chi connectivity index (χ0v) is 21.7. The van der Waals surface area contributed by atoms with E-state index in [0.29, 0.717) is 27.6 Å². The Morgan fingerprint density at radius 1 is 0.919 bits per heavy atom. The zero-order valence-electron chi connectivity index (χ0n) is 20.1. The number of anilines is 5. The number of halogens is 1. The van der Waals surface area contributed by atoms with Gasteiger partial charge < -0.3 is 20.6 Å². The van der Waals surface area contributed by atoms with E-state index in [1.807, 2.05) is 42.5 Å². The molecule has 2 aromatic carbocycles. The number of para-hydroxylation sites is 1. The van der Waals surface area contributed by atoms with Crippen molar-refractivity contribution in [3.8, 4) is 5.69 Å². The summed E-state index contributed by atoms with van der Waals surface area (Å²) >= 11 is 3.47. The minimum Gasteiger partial charge on any atom is -0.395 e. The molecule has 1 fully saturated rings. The van der Waals surface area contributed by atoms with Gasteiger partial charge >= 0.3 is 0 Å². The summed E-state index contributed by atoms with van der Waals surface area (Å²) in [5.74, 6) is 0.853. The van der Waals surface area contributed by atoms with Crippen LogP contribution in [-0.2, 0) is 0 Å². The molecule has 5 rings (SSSR count). The Labute approximate surface area is 222 Å². The molecule has 37 heavy (non-hydrogen) atoms. The summed E-state index contributed by atoms with van der Waals surface area (Å²) in [5, 5.41) is 19.7. The second-order valence-electron chi connectivity index (χ2n) is 8.54. The zero-order chi connectivity index (χ0) is 25.6. The molecule has 0 atom stereocenters. The number of benzene rings is 2. The summed E-state index contributed by atoms with van der Waals surface area (Å²) in [6.45, 7) is 4.67. The fraction of sp³-hybridized carbons (Fsp3) is 0.231. The van der Waals surface area contributed by atoms with Crippen LogP contribution >= 0.6 is 15.9 Å². The van der Waals surface area contributed by atoms with Crippen molar-refractivity contribution < 1.29 is 5.11 Å². The third-order valence-electron chi connectivity index (χ3n) is 6.12. The average molecular weight is 563 g/mol. The van der Waals surface area contributed by atoms with E-state index >= 15 is 0 Å². The lowest BCUT2D eigenvalue weighted by atomic mass is 10.2. The molecule has 0 amide bonds. The standard InChI is InChI=1S/C26H27BrN8O2/c27-22-18-28-26(30-19-6-8-20(9-7-19)34-14-12-33(13-15-34)16-17-36)32-24(22)31-23-10-11-29-35(25(23)37)21-4-2-1-3-5-21/h1-11,18,36H,12-17H2,(H2,28,30,31,32). The van der Waals surface area contributed by atoms with Crippen molar-refractivity contribution in [2.75, 3.05) is 54.9 Å². The number of nitrogens with zero attached hydrogens (tertiary/aromatic N) is 6. The van der Waals surface area contributed by atoms with E-state index in [1.165, 1.54) is 4.68 Å². The number of nitrogens with one attached hydrogen (secondary N) is 2. The summed E-state index contributed by atoms with van der Waals surface area (Å²) in [4.78, 5) is 26.5. The van der Waals surface area contributed by atoms with Crippen LogP contribution in [0.1, 0.15) is 0 Å². The van der Waals surface area contributed by atoms with Gasteiger partial charge in [0.15, 0.2) is 5.82 Å². The number of aliphatic hydroxyl groups is 1. The highest BCUT2D eigenvalue weighted by atomic mass is 79.9. The van der Waals surface area contributed by atoms with E-state index in [1.54, 1.807) is 18.5 Å². The third kappa shape index (κ3) is 5.96. The molecular formula is C26H27BrN8O2. The Morgan fingerprint density at radius 2 is 1.68 bits per heavy atom. The van der Waals surface area contributed by atoms with Gasteiger partial charge in [-0.2, -0.15) is 14.8 Å². The van der Waals surface area contributed by atoms with Gasteiger partial charge in [-0.1, -0.05) is 18.2 Å². The van der Waals surface area contributed by atoms with Gasteiger partial charge in [0.1, 0.15) is 5.69 Å². The molecule has 10 nitrogen and oxygen atoms in total. The lowest BCUT2D eigenvalue weighted by Gasteiger charge is -2.35. The molecule has 1 aliphatic rings. The van der Waals surface area contributed by atoms with E-state index in [9.17, 15) is 4.79 Å². The molecule has 2 aromatic heterocycles. The Kier molecular flexibility index (Phi) is 7.73. The van der Waals surface area contributed by atoms with Gasteiger partial charge in [-0.25, -0.2) is 4.98 Å². The first-order chi connectivity index (χ1) is 18.1. The van der Waals surface area contributed by atoms with Crippen molar-refractivity contribution >= 4 is 44.8 Å². The van der Waals surface area contributed by atoms with Crippen LogP contribution in [0.2, 0.25) is 0 Å². The molecule has 11 heteroatoms. The molecule has 4 aromatic rings. The first kappa shape index (κ1) is 24.9. The Balaban J connectivity index is 1.28. The third-order valence-corrected chi connectivity index (χ3v) is 6.70. The van der Waals surface area contributed by atoms with Crippen molar-refractivity contribution in [1.29, 1.82) is 0 Å². The molecule has 190 valence electrons. The second kappa shape index (κ2) is 11.5. The monoisotopic (exact) mass is 562 g/mol. The molecular weight excluding hydrogens is 536 g/mol. The maximum absolute atomic E-state index is 13.0. The minimum absolute atomic E-state index is 0.198. The van der Waals surface area contributed by atoms with Gasteiger partial charge in [-0.3, -0.25) is 9.69 Å². The molecule has 0 bridgehead atoms. The molecule has 3 heterocycles. The average Bonchev–Trinajstić information content (AvgIpc) is 2.93. The fourth-order valence-corrected chi connectivity index (χ4v) is 4.45. The highest BCUT2D eigenvalue weighted by Gasteiger charge is 2.17. The predicted octanol–water partition coefficient (Wildman–Crippen LogP) is 3.39. The summed E-state index contributed by atoms with van der Waals surface area (Å²) in [7, 11) is 0. The van der Waals surface area contributed by atoms with Crippen LogP contribution in [0.25, 0.3) is 5.69 Å². The van der Waals surface area contributed by atoms with Crippen molar-refractivity contribution in [2.45, 2.75) is 0 Å². The van der Waals surface area contributed by atoms with Crippen molar-refractivity contribution in [1.82, 2.24) is 24.6 Å². The summed E-state index contributed by atoms with van der Waals surface area (Å²) in [6.07, 6.45) is 3.20. The van der Waals surface area contributed by atoms with E-state index in [4.69, 9.17) is 5.11 Å². The minimum atomic E-state index is -0.290. The van der Waals surface area contributed by atoms with Crippen LogP contribution in [0.3, 0.4) is 0 Å². The van der Waals surface area contributed by atoms with Crippen LogP contribution in [0.4, 0.5) is 28.8 Å². The van der Waals surface area contributed by atoms with Gasteiger partial charge in [0.05, 0.1) is 23.0 Å². The van der Waals surface area contributed by atoms with Crippen molar-refractivity contribution in [3.05, 3.63) is 87.9 Å². The van der Waals surface area contributed by atoms with E-state index < -0.39 is 0 Å². The summed E-state index contributed by atoms with van der Waals surface area (Å²) in [5.41, 5.74) is 2.73. The predicted molar refractivity (Wildman–Crippen MR) is 148 cm³/mol. The largest absolute Gasteiger partial charge is 0.395 e. The first-order valence-corrected chi connectivity index (χ1v) is 12.8. The molecule has 0 unspecified atom stereocenters. The van der Waals surface area contributed by atoms with E-state index in [2.05, 4.69) is 63.6 Å². The number of hydrogen-bond donors (Lipinski definition) is 3.